The van der Waals surface area contributed by atoms with E-state index in [0.29, 0.717) is 0 Å². The fourth-order valence-corrected chi connectivity index (χ4v) is 4.61. The van der Waals surface area contributed by atoms with E-state index in [2.05, 4.69) is 104 Å². The minimum atomic E-state index is 0.232. The summed E-state index contributed by atoms with van der Waals surface area (Å²) in [5, 5.41) is 0. The fraction of sp³-hybridized carbons (Fsp3) is 0.806. The topological polar surface area (TPSA) is 4.44 Å². The Morgan fingerprint density at radius 2 is 1.03 bits per heavy atom. The molecular weight excluding hydrogens is 417 g/mol. The molecule has 0 heterocycles. The van der Waals surface area contributed by atoms with E-state index >= 15 is 0 Å². The Bertz CT molecular complexity index is 547. The van der Waals surface area contributed by atoms with Gasteiger partial charge in [-0.25, -0.2) is 0 Å². The van der Waals surface area contributed by atoms with Crippen molar-refractivity contribution in [2.75, 3.05) is 25.8 Å². The predicted molar refractivity (Wildman–Crippen MR) is 158 cm³/mol. The molecule has 2 heteroatoms. The highest BCUT2D eigenvalue weighted by Crippen LogP contribution is 2.34. The van der Waals surface area contributed by atoms with Crippen LogP contribution >= 0.6 is 9.24 Å². The highest BCUT2D eigenvalue weighted by Gasteiger charge is 2.23. The van der Waals surface area contributed by atoms with E-state index < -0.39 is 0 Å². The van der Waals surface area contributed by atoms with E-state index in [-0.39, 0.29) is 10.8 Å². The second-order valence-electron chi connectivity index (χ2n) is 11.8. The summed E-state index contributed by atoms with van der Waals surface area (Å²) in [6.45, 7) is 31.4. The fourth-order valence-electron chi connectivity index (χ4n) is 4.20. The van der Waals surface area contributed by atoms with Gasteiger partial charge in [0.05, 0.1) is 19.6 Å². The van der Waals surface area contributed by atoms with Crippen LogP contribution in [0.15, 0.2) is 12.1 Å². The number of unbranched alkanes of at least 4 members (excludes halogenated alkanes) is 3. The molecule has 0 spiro atoms. The van der Waals surface area contributed by atoms with E-state index in [9.17, 15) is 0 Å². The maximum absolute atomic E-state index is 2.70. The molecule has 0 bridgehead atoms. The van der Waals surface area contributed by atoms with Crippen LogP contribution in [0.2, 0.25) is 0 Å². The van der Waals surface area contributed by atoms with E-state index in [1.54, 1.807) is 0 Å². The number of quaternary nitrogens is 1. The van der Waals surface area contributed by atoms with Crippen molar-refractivity contribution in [2.45, 2.75) is 139 Å². The molecule has 0 aliphatic carbocycles. The molecule has 0 fully saturated rings. The van der Waals surface area contributed by atoms with Crippen LogP contribution in [0.3, 0.4) is 0 Å². The minimum Gasteiger partial charge on any atom is -0.335 e. The number of rotatable bonds is 10. The van der Waals surface area contributed by atoms with Crippen molar-refractivity contribution >= 4 is 9.24 Å². The van der Waals surface area contributed by atoms with Crippen molar-refractivity contribution in [3.05, 3.63) is 34.4 Å². The standard InChI is InChI=1S/C16H26.C11H25N.C4H11P/c1-11-9-13(15(3,4)5)12(2)14(10-11)16(6,7)8;1-4-7-10-12(9-6-3)11-8-5-2;1-2-3-4-5/h9-10H,1-8H3;4-11H2,1-3H3;2-5H2,1H3/p+1. The first-order valence-electron chi connectivity index (χ1n) is 14.0. The Labute approximate surface area is 213 Å². The summed E-state index contributed by atoms with van der Waals surface area (Å²) >= 11 is 0. The second kappa shape index (κ2) is 18.9. The van der Waals surface area contributed by atoms with Gasteiger partial charge in [-0.05, 0) is 66.8 Å². The lowest BCUT2D eigenvalue weighted by Crippen LogP contribution is -3.12. The number of benzene rings is 1. The first kappa shape index (κ1) is 34.8. The summed E-state index contributed by atoms with van der Waals surface area (Å²) < 4.78 is 0. The Morgan fingerprint density at radius 3 is 1.27 bits per heavy atom. The largest absolute Gasteiger partial charge is 0.335 e. The first-order valence-corrected chi connectivity index (χ1v) is 14.8. The molecule has 1 unspecified atom stereocenters. The van der Waals surface area contributed by atoms with E-state index in [4.69, 9.17) is 0 Å². The quantitative estimate of drug-likeness (QED) is 0.320. The van der Waals surface area contributed by atoms with Crippen LogP contribution in [0, 0.1) is 13.8 Å². The Balaban J connectivity index is 0. The first-order chi connectivity index (χ1) is 15.3. The molecule has 0 aliphatic rings. The van der Waals surface area contributed by atoms with Crippen LogP contribution in [-0.4, -0.2) is 25.8 Å². The van der Waals surface area contributed by atoms with Gasteiger partial charge in [-0.15, -0.1) is 9.24 Å². The Morgan fingerprint density at radius 1 is 0.636 bits per heavy atom. The molecule has 0 aromatic heterocycles. The molecule has 196 valence electrons. The normalized spacial score (nSPS) is 11.6. The lowest BCUT2D eigenvalue weighted by Gasteiger charge is -2.29. The predicted octanol–water partition coefficient (Wildman–Crippen LogP) is 8.44. The average Bonchev–Trinajstić information content (AvgIpc) is 2.71. The SMILES string of the molecule is CCCCP.CCCC[NH+](CCC)CCCC.Cc1cc(C(C)(C)C)c(C)c(C(C)(C)C)c1. The summed E-state index contributed by atoms with van der Waals surface area (Å²) in [6, 6.07) is 4.68. The van der Waals surface area contributed by atoms with Gasteiger partial charge in [0.1, 0.15) is 0 Å². The Hall–Kier alpha value is -0.390. The molecule has 0 aliphatic heterocycles. The third kappa shape index (κ3) is 16.8. The highest BCUT2D eigenvalue weighted by atomic mass is 31.0. The van der Waals surface area contributed by atoms with Gasteiger partial charge in [-0.2, -0.15) is 0 Å². The van der Waals surface area contributed by atoms with Crippen LogP contribution in [0.1, 0.15) is 136 Å². The molecule has 0 saturated heterocycles. The number of aryl methyl sites for hydroxylation is 1. The molecule has 0 amide bonds. The van der Waals surface area contributed by atoms with Crippen LogP contribution < -0.4 is 4.90 Å². The van der Waals surface area contributed by atoms with Gasteiger partial charge in [0.25, 0.3) is 0 Å². The van der Waals surface area contributed by atoms with Gasteiger partial charge < -0.3 is 4.90 Å². The Kier molecular flexibility index (Phi) is 19.9. The molecule has 0 radical (unpaired) electrons. The lowest BCUT2D eigenvalue weighted by molar-refractivity contribution is -0.900. The summed E-state index contributed by atoms with van der Waals surface area (Å²) in [6.07, 6.45) is 10.8. The maximum Gasteiger partial charge on any atom is 0.0770 e. The lowest BCUT2D eigenvalue weighted by atomic mass is 9.76. The van der Waals surface area contributed by atoms with E-state index in [1.807, 2.05) is 4.90 Å². The summed E-state index contributed by atoms with van der Waals surface area (Å²) in [5.41, 5.74) is 6.27. The third-order valence-electron chi connectivity index (χ3n) is 6.10. The number of hydrogen-bond donors (Lipinski definition) is 1. The van der Waals surface area contributed by atoms with Crippen LogP contribution in [-0.2, 0) is 10.8 Å². The molecule has 1 aromatic carbocycles. The monoisotopic (exact) mass is 480 g/mol. The van der Waals surface area contributed by atoms with Crippen molar-refractivity contribution < 1.29 is 4.90 Å². The van der Waals surface area contributed by atoms with Crippen LogP contribution in [0.5, 0.6) is 0 Å². The zero-order valence-corrected chi connectivity index (χ0v) is 26.2. The summed E-state index contributed by atoms with van der Waals surface area (Å²) in [5.74, 6) is 0. The molecule has 0 saturated carbocycles. The molecule has 1 rings (SSSR count). The van der Waals surface area contributed by atoms with Gasteiger partial charge >= 0.3 is 0 Å². The van der Waals surface area contributed by atoms with E-state index in [0.717, 1.165) is 0 Å². The molecule has 1 aromatic rings. The summed E-state index contributed by atoms with van der Waals surface area (Å²) in [7, 11) is 2.70. The average molecular weight is 481 g/mol. The van der Waals surface area contributed by atoms with Crippen molar-refractivity contribution in [3.63, 3.8) is 0 Å². The van der Waals surface area contributed by atoms with Crippen molar-refractivity contribution in [3.8, 4) is 0 Å². The van der Waals surface area contributed by atoms with Crippen LogP contribution in [0.4, 0.5) is 0 Å². The summed E-state index contributed by atoms with van der Waals surface area (Å²) in [4.78, 5) is 1.82. The zero-order valence-electron chi connectivity index (χ0n) is 25.0. The van der Waals surface area contributed by atoms with E-state index in [1.165, 1.54) is 93.0 Å². The van der Waals surface area contributed by atoms with Crippen molar-refractivity contribution in [1.82, 2.24) is 0 Å². The number of nitrogens with one attached hydrogen (secondary N) is 1. The maximum atomic E-state index is 2.70. The smallest absolute Gasteiger partial charge is 0.0770 e. The van der Waals surface area contributed by atoms with Crippen molar-refractivity contribution in [2.24, 2.45) is 0 Å². The molecule has 1 N–H and O–H groups in total. The second-order valence-corrected chi connectivity index (χ2v) is 12.4. The number of hydrogen-bond acceptors (Lipinski definition) is 0. The minimum absolute atomic E-state index is 0.232. The molecule has 33 heavy (non-hydrogen) atoms. The van der Waals surface area contributed by atoms with Gasteiger partial charge in [-0.3, -0.25) is 0 Å². The van der Waals surface area contributed by atoms with Gasteiger partial charge in [0.15, 0.2) is 0 Å². The molecule has 1 nitrogen and oxygen atoms in total. The van der Waals surface area contributed by atoms with Gasteiger partial charge in [-0.1, -0.05) is 113 Å². The van der Waals surface area contributed by atoms with Crippen LogP contribution in [0.25, 0.3) is 0 Å². The highest BCUT2D eigenvalue weighted by molar-refractivity contribution is 7.16. The molecular formula is C31H63NP+. The van der Waals surface area contributed by atoms with Gasteiger partial charge in [0, 0.05) is 0 Å². The molecule has 1 atom stereocenters. The zero-order chi connectivity index (χ0) is 26.1. The third-order valence-corrected chi connectivity index (χ3v) is 6.51. The van der Waals surface area contributed by atoms with Gasteiger partial charge in [0.2, 0.25) is 0 Å². The van der Waals surface area contributed by atoms with Crippen molar-refractivity contribution in [1.29, 1.82) is 0 Å².